The van der Waals surface area contributed by atoms with Gasteiger partial charge in [-0.3, -0.25) is 30.3 Å². The van der Waals surface area contributed by atoms with Crippen molar-refractivity contribution in [2.75, 3.05) is 6.61 Å². The highest BCUT2D eigenvalue weighted by molar-refractivity contribution is 7.80. The molecule has 2 rings (SSSR count). The van der Waals surface area contributed by atoms with E-state index in [1.807, 2.05) is 6.92 Å². The van der Waals surface area contributed by atoms with E-state index >= 15 is 0 Å². The van der Waals surface area contributed by atoms with E-state index < -0.39 is 16.7 Å². The fraction of sp³-hybridized carbons (Fsp3) is 0.214. The fourth-order valence-electron chi connectivity index (χ4n) is 1.87. The van der Waals surface area contributed by atoms with Crippen molar-refractivity contribution in [3.05, 3.63) is 39.4 Å². The maximum atomic E-state index is 11.9. The molecule has 1 aromatic carbocycles. The average Bonchev–Trinajstić information content (AvgIpc) is 2.49. The van der Waals surface area contributed by atoms with Crippen molar-refractivity contribution in [3.63, 3.8) is 0 Å². The summed E-state index contributed by atoms with van der Waals surface area (Å²) in [7, 11) is 0. The van der Waals surface area contributed by atoms with Crippen molar-refractivity contribution in [1.29, 1.82) is 0 Å². The number of nitrogens with zero attached hydrogens (tertiary/aromatic N) is 1. The van der Waals surface area contributed by atoms with E-state index in [1.54, 1.807) is 0 Å². The maximum absolute atomic E-state index is 11.9. The number of hydrogen-bond acceptors (Lipinski definition) is 6. The van der Waals surface area contributed by atoms with E-state index in [4.69, 9.17) is 17.0 Å². The molecule has 2 amide bonds. The van der Waals surface area contributed by atoms with E-state index in [1.165, 1.54) is 24.3 Å². The zero-order chi connectivity index (χ0) is 17.0. The van der Waals surface area contributed by atoms with Crippen LogP contribution < -0.4 is 15.4 Å². The molecule has 23 heavy (non-hydrogen) atoms. The number of thiocarbonyl (C=S) groups is 1. The highest BCUT2D eigenvalue weighted by Crippen LogP contribution is 2.27. The Balaban J connectivity index is 2.46. The number of benzene rings is 1. The summed E-state index contributed by atoms with van der Waals surface area (Å²) in [5.74, 6) is -1.00. The summed E-state index contributed by atoms with van der Waals surface area (Å²) in [6.45, 7) is 2.31. The van der Waals surface area contributed by atoms with Gasteiger partial charge in [0.2, 0.25) is 0 Å². The molecule has 1 saturated heterocycles. The van der Waals surface area contributed by atoms with Crippen molar-refractivity contribution in [2.24, 2.45) is 0 Å². The van der Waals surface area contributed by atoms with Crippen LogP contribution in [0.2, 0.25) is 0 Å². The molecule has 8 nitrogen and oxygen atoms in total. The van der Waals surface area contributed by atoms with Crippen molar-refractivity contribution in [2.45, 2.75) is 13.3 Å². The lowest BCUT2D eigenvalue weighted by atomic mass is 10.1. The van der Waals surface area contributed by atoms with Gasteiger partial charge >= 0.3 is 0 Å². The van der Waals surface area contributed by atoms with Crippen LogP contribution in [-0.2, 0) is 9.59 Å². The van der Waals surface area contributed by atoms with Crippen LogP contribution in [0, 0.1) is 10.1 Å². The standard InChI is InChI=1S/C14H13N3O5S/c1-2-5-22-11-4-3-9(17(20)21)6-8(11)7-10-12(18)15-14(23)16-13(10)19/h3-4,6-7H,2,5H2,1H3,(H2,15,16,18,19,23). The first-order valence-corrected chi connectivity index (χ1v) is 7.12. The minimum Gasteiger partial charge on any atom is -0.493 e. The SMILES string of the molecule is CCCOc1ccc([N+](=O)[O-])cc1C=C1C(=O)NC(=S)NC1=O. The average molecular weight is 335 g/mol. The summed E-state index contributed by atoms with van der Waals surface area (Å²) in [5.41, 5.74) is -0.117. The fourth-order valence-corrected chi connectivity index (χ4v) is 2.05. The van der Waals surface area contributed by atoms with Crippen LogP contribution in [0.5, 0.6) is 5.75 Å². The molecule has 0 bridgehead atoms. The number of rotatable bonds is 5. The number of nitro benzene ring substituents is 1. The summed E-state index contributed by atoms with van der Waals surface area (Å²) < 4.78 is 5.50. The van der Waals surface area contributed by atoms with Gasteiger partial charge in [0.1, 0.15) is 11.3 Å². The molecule has 0 unspecified atom stereocenters. The van der Waals surface area contributed by atoms with E-state index in [9.17, 15) is 19.7 Å². The number of carbonyl (C=O) groups is 2. The number of carbonyl (C=O) groups excluding carboxylic acids is 2. The largest absolute Gasteiger partial charge is 0.493 e. The van der Waals surface area contributed by atoms with E-state index in [0.29, 0.717) is 12.4 Å². The van der Waals surface area contributed by atoms with Crippen LogP contribution in [-0.4, -0.2) is 28.5 Å². The summed E-state index contributed by atoms with van der Waals surface area (Å²) in [6.07, 6.45) is 1.98. The lowest BCUT2D eigenvalue weighted by molar-refractivity contribution is -0.384. The van der Waals surface area contributed by atoms with Gasteiger partial charge in [-0.15, -0.1) is 0 Å². The number of hydrogen-bond donors (Lipinski definition) is 2. The van der Waals surface area contributed by atoms with Crippen LogP contribution in [0.1, 0.15) is 18.9 Å². The smallest absolute Gasteiger partial charge is 0.270 e. The van der Waals surface area contributed by atoms with Gasteiger partial charge in [0.05, 0.1) is 11.5 Å². The first-order valence-electron chi connectivity index (χ1n) is 6.72. The molecule has 9 heteroatoms. The lowest BCUT2D eigenvalue weighted by Gasteiger charge is -2.17. The van der Waals surface area contributed by atoms with Crippen LogP contribution in [0.4, 0.5) is 5.69 Å². The lowest BCUT2D eigenvalue weighted by Crippen LogP contribution is -2.51. The Hall–Kier alpha value is -2.81. The van der Waals surface area contributed by atoms with Crippen LogP contribution in [0.15, 0.2) is 23.8 Å². The molecule has 1 aliphatic heterocycles. The van der Waals surface area contributed by atoms with Gasteiger partial charge in [-0.2, -0.15) is 0 Å². The Morgan fingerprint density at radius 3 is 2.52 bits per heavy atom. The van der Waals surface area contributed by atoms with Crippen LogP contribution in [0.3, 0.4) is 0 Å². The molecule has 1 heterocycles. The van der Waals surface area contributed by atoms with Crippen molar-refractivity contribution < 1.29 is 19.2 Å². The van der Waals surface area contributed by atoms with Crippen molar-refractivity contribution in [3.8, 4) is 5.75 Å². The summed E-state index contributed by atoms with van der Waals surface area (Å²) in [5, 5.41) is 15.4. The highest BCUT2D eigenvalue weighted by Gasteiger charge is 2.26. The van der Waals surface area contributed by atoms with Gasteiger partial charge in [-0.1, -0.05) is 6.92 Å². The minimum atomic E-state index is -0.674. The normalized spacial score (nSPS) is 14.1. The second kappa shape index (κ2) is 6.97. The third-order valence-electron chi connectivity index (χ3n) is 2.91. The topological polar surface area (TPSA) is 111 Å². The molecule has 0 radical (unpaired) electrons. The number of nitro groups is 1. The predicted molar refractivity (Wildman–Crippen MR) is 85.7 cm³/mol. The van der Waals surface area contributed by atoms with Crippen molar-refractivity contribution >= 4 is 40.9 Å². The highest BCUT2D eigenvalue weighted by atomic mass is 32.1. The van der Waals surface area contributed by atoms with E-state index in [0.717, 1.165) is 6.42 Å². The van der Waals surface area contributed by atoms with Gasteiger partial charge in [-0.25, -0.2) is 0 Å². The molecule has 1 fully saturated rings. The van der Waals surface area contributed by atoms with Gasteiger partial charge in [-0.05, 0) is 30.8 Å². The number of nitrogens with one attached hydrogen (secondary N) is 2. The zero-order valence-electron chi connectivity index (χ0n) is 12.1. The first kappa shape index (κ1) is 16.6. The van der Waals surface area contributed by atoms with Crippen LogP contribution >= 0.6 is 12.2 Å². The second-order valence-electron chi connectivity index (χ2n) is 4.62. The van der Waals surface area contributed by atoms with Crippen LogP contribution in [0.25, 0.3) is 6.08 Å². The van der Waals surface area contributed by atoms with Gasteiger partial charge < -0.3 is 4.74 Å². The molecular weight excluding hydrogens is 322 g/mol. The molecule has 120 valence electrons. The number of ether oxygens (including phenoxy) is 1. The molecule has 0 aromatic heterocycles. The first-order chi connectivity index (χ1) is 10.9. The quantitative estimate of drug-likeness (QED) is 0.276. The third kappa shape index (κ3) is 3.89. The Bertz CT molecular complexity index is 707. The Kier molecular flexibility index (Phi) is 5.02. The van der Waals surface area contributed by atoms with Gasteiger partial charge in [0.25, 0.3) is 17.5 Å². The molecule has 2 N–H and O–H groups in total. The van der Waals surface area contributed by atoms with Crippen molar-refractivity contribution in [1.82, 2.24) is 10.6 Å². The Morgan fingerprint density at radius 2 is 1.96 bits per heavy atom. The minimum absolute atomic E-state index is 0.0846. The Labute approximate surface area is 136 Å². The van der Waals surface area contributed by atoms with E-state index in [2.05, 4.69) is 10.6 Å². The van der Waals surface area contributed by atoms with Gasteiger partial charge in [0.15, 0.2) is 5.11 Å². The number of non-ortho nitro benzene ring substituents is 1. The van der Waals surface area contributed by atoms with Gasteiger partial charge in [0, 0.05) is 17.7 Å². The summed E-state index contributed by atoms with van der Waals surface area (Å²) in [6, 6.07) is 3.97. The second-order valence-corrected chi connectivity index (χ2v) is 5.03. The summed E-state index contributed by atoms with van der Waals surface area (Å²) in [4.78, 5) is 34.1. The molecular formula is C14H13N3O5S. The maximum Gasteiger partial charge on any atom is 0.270 e. The molecule has 0 saturated carbocycles. The molecule has 0 atom stereocenters. The summed E-state index contributed by atoms with van der Waals surface area (Å²) >= 11 is 4.71. The molecule has 0 aliphatic carbocycles. The molecule has 0 spiro atoms. The predicted octanol–water partition coefficient (Wildman–Crippen LogP) is 1.30. The Morgan fingerprint density at radius 1 is 1.30 bits per heavy atom. The molecule has 1 aromatic rings. The molecule has 1 aliphatic rings. The third-order valence-corrected chi connectivity index (χ3v) is 3.11. The number of amides is 2. The zero-order valence-corrected chi connectivity index (χ0v) is 12.9. The van der Waals surface area contributed by atoms with E-state index in [-0.39, 0.29) is 21.9 Å². The monoisotopic (exact) mass is 335 g/mol.